The molecule has 1 aromatic carbocycles. The zero-order chi connectivity index (χ0) is 10.1. The summed E-state index contributed by atoms with van der Waals surface area (Å²) in [4.78, 5) is 10.2. The number of hydrogen-bond donors (Lipinski definition) is 2. The molecule has 72 valence electrons. The van der Waals surface area contributed by atoms with Crippen LogP contribution in [0.5, 0.6) is 0 Å². The topological polar surface area (TPSA) is 57.5 Å². The third kappa shape index (κ3) is 6.31. The molecule has 0 amide bonds. The van der Waals surface area contributed by atoms with Gasteiger partial charge in [0.15, 0.2) is 0 Å². The third-order valence-electron chi connectivity index (χ3n) is 1.11. The molecule has 0 saturated carbocycles. The van der Waals surface area contributed by atoms with E-state index in [4.69, 9.17) is 10.2 Å². The molecular weight excluding hydrogens is 236 g/mol. The van der Waals surface area contributed by atoms with Crippen LogP contribution < -0.4 is 0 Å². The monoisotopic (exact) mass is 246 g/mol. The fourth-order valence-corrected chi connectivity index (χ4v) is 0.581. The number of benzene rings is 1. The van der Waals surface area contributed by atoms with E-state index in [0.717, 1.165) is 0 Å². The van der Waals surface area contributed by atoms with Gasteiger partial charge in [-0.15, -0.1) is 0 Å². The Morgan fingerprint density at radius 1 is 1.31 bits per heavy atom. The van der Waals surface area contributed by atoms with Crippen LogP contribution in [0.15, 0.2) is 30.3 Å². The van der Waals surface area contributed by atoms with Crippen LogP contribution >= 0.6 is 15.9 Å². The number of alkyl halides is 1. The molecule has 1 rings (SSSR count). The number of carbonyl (C=O) groups is 1. The van der Waals surface area contributed by atoms with E-state index in [-0.39, 0.29) is 6.61 Å². The lowest BCUT2D eigenvalue weighted by Gasteiger charge is -1.88. The van der Waals surface area contributed by atoms with Crippen molar-refractivity contribution in [3.8, 4) is 0 Å². The van der Waals surface area contributed by atoms with Crippen molar-refractivity contribution in [1.82, 2.24) is 0 Å². The van der Waals surface area contributed by atoms with Crippen molar-refractivity contribution in [2.75, 3.05) is 11.9 Å². The van der Waals surface area contributed by atoms with Crippen molar-refractivity contribution in [3.05, 3.63) is 35.9 Å². The predicted octanol–water partition coefficient (Wildman–Crippen LogP) is 1.76. The van der Waals surface area contributed by atoms with E-state index in [1.54, 1.807) is 30.3 Å². The van der Waals surface area contributed by atoms with Crippen molar-refractivity contribution < 1.29 is 15.0 Å². The van der Waals surface area contributed by atoms with E-state index in [9.17, 15) is 4.79 Å². The highest BCUT2D eigenvalue weighted by Crippen LogP contribution is 1.96. The summed E-state index contributed by atoms with van der Waals surface area (Å²) in [6, 6.07) is 8.30. The van der Waals surface area contributed by atoms with E-state index in [0.29, 0.717) is 10.9 Å². The Morgan fingerprint density at radius 3 is 2.00 bits per heavy atom. The second-order valence-corrected chi connectivity index (χ2v) is 2.88. The molecule has 0 bridgehead atoms. The lowest BCUT2D eigenvalue weighted by Crippen LogP contribution is -1.93. The maximum atomic E-state index is 10.2. The second-order valence-electron chi connectivity index (χ2n) is 2.08. The van der Waals surface area contributed by atoms with Gasteiger partial charge in [-0.25, -0.2) is 4.79 Å². The predicted molar refractivity (Wildman–Crippen MR) is 54.3 cm³/mol. The molecule has 0 aromatic heterocycles. The molecule has 0 aliphatic carbocycles. The fourth-order valence-electron chi connectivity index (χ4n) is 0.581. The maximum Gasteiger partial charge on any atom is 0.335 e. The van der Waals surface area contributed by atoms with E-state index in [2.05, 4.69) is 15.9 Å². The molecule has 0 atom stereocenters. The largest absolute Gasteiger partial charge is 0.478 e. The molecule has 4 heteroatoms. The molecule has 0 radical (unpaired) electrons. The molecule has 0 unspecified atom stereocenters. The van der Waals surface area contributed by atoms with Gasteiger partial charge in [-0.2, -0.15) is 0 Å². The Morgan fingerprint density at radius 2 is 1.77 bits per heavy atom. The zero-order valence-corrected chi connectivity index (χ0v) is 8.57. The summed E-state index contributed by atoms with van der Waals surface area (Å²) in [6.45, 7) is 0.236. The Kier molecular flexibility index (Phi) is 7.24. The molecule has 0 saturated heterocycles. The van der Waals surface area contributed by atoms with Gasteiger partial charge in [-0.3, -0.25) is 0 Å². The van der Waals surface area contributed by atoms with Crippen molar-refractivity contribution in [2.24, 2.45) is 0 Å². The van der Waals surface area contributed by atoms with Gasteiger partial charge in [0.2, 0.25) is 0 Å². The van der Waals surface area contributed by atoms with Crippen LogP contribution in [0.3, 0.4) is 0 Å². The van der Waals surface area contributed by atoms with Crippen LogP contribution in [0.25, 0.3) is 0 Å². The van der Waals surface area contributed by atoms with Gasteiger partial charge in [0.05, 0.1) is 12.2 Å². The van der Waals surface area contributed by atoms with Crippen LogP contribution in [-0.2, 0) is 0 Å². The van der Waals surface area contributed by atoms with Crippen molar-refractivity contribution in [2.45, 2.75) is 0 Å². The summed E-state index contributed by atoms with van der Waals surface area (Å²) >= 11 is 3.00. The second kappa shape index (κ2) is 7.76. The normalized spacial score (nSPS) is 8.46. The van der Waals surface area contributed by atoms with Crippen LogP contribution in [0.1, 0.15) is 10.4 Å². The average molecular weight is 247 g/mol. The molecular formula is C9H11BrO3. The molecule has 13 heavy (non-hydrogen) atoms. The lowest BCUT2D eigenvalue weighted by molar-refractivity contribution is 0.0697. The van der Waals surface area contributed by atoms with Gasteiger partial charge < -0.3 is 10.2 Å². The van der Waals surface area contributed by atoms with Crippen LogP contribution in [0, 0.1) is 0 Å². The number of carboxylic acids is 1. The first kappa shape index (κ1) is 12.1. The minimum atomic E-state index is -0.879. The molecule has 0 heterocycles. The average Bonchev–Trinajstić information content (AvgIpc) is 2.19. The molecule has 0 spiro atoms. The first-order chi connectivity index (χ1) is 6.22. The Balaban J connectivity index is 0.000000310. The number of carboxylic acid groups (broad SMARTS) is 1. The van der Waals surface area contributed by atoms with E-state index >= 15 is 0 Å². The lowest BCUT2D eigenvalue weighted by atomic mass is 10.2. The van der Waals surface area contributed by atoms with Gasteiger partial charge in [-0.05, 0) is 12.1 Å². The van der Waals surface area contributed by atoms with Crippen molar-refractivity contribution in [3.63, 3.8) is 0 Å². The van der Waals surface area contributed by atoms with Crippen LogP contribution in [-0.4, -0.2) is 28.1 Å². The number of aliphatic hydroxyl groups excluding tert-OH is 1. The summed E-state index contributed by atoms with van der Waals surface area (Å²) < 4.78 is 0. The van der Waals surface area contributed by atoms with Gasteiger partial charge in [0.1, 0.15) is 0 Å². The van der Waals surface area contributed by atoms with Gasteiger partial charge >= 0.3 is 5.97 Å². The number of hydrogen-bond acceptors (Lipinski definition) is 2. The summed E-state index contributed by atoms with van der Waals surface area (Å²) in [5.74, 6) is -0.879. The SMILES string of the molecule is O=C(O)c1ccccc1.OCCBr. The maximum absolute atomic E-state index is 10.2. The standard InChI is InChI=1S/C7H6O2.C2H5BrO/c8-7(9)6-4-2-1-3-5-6;3-1-2-4/h1-5H,(H,8,9);4H,1-2H2. The minimum absolute atomic E-state index is 0.236. The fraction of sp³-hybridized carbons (Fsp3) is 0.222. The molecule has 0 fully saturated rings. The molecule has 0 aliphatic heterocycles. The third-order valence-corrected chi connectivity index (χ3v) is 1.46. The van der Waals surface area contributed by atoms with E-state index in [1.807, 2.05) is 0 Å². The van der Waals surface area contributed by atoms with Crippen LogP contribution in [0.4, 0.5) is 0 Å². The Labute approximate surface area is 85.1 Å². The molecule has 2 N–H and O–H groups in total. The van der Waals surface area contributed by atoms with Gasteiger partial charge in [-0.1, -0.05) is 34.1 Å². The number of halogens is 1. The van der Waals surface area contributed by atoms with Crippen molar-refractivity contribution >= 4 is 21.9 Å². The Bertz CT molecular complexity index is 234. The number of aromatic carboxylic acids is 1. The van der Waals surface area contributed by atoms with Gasteiger partial charge in [0, 0.05) is 5.33 Å². The molecule has 0 aliphatic rings. The quantitative estimate of drug-likeness (QED) is 0.783. The minimum Gasteiger partial charge on any atom is -0.478 e. The summed E-state index contributed by atoms with van der Waals surface area (Å²) in [5, 5.41) is 16.9. The van der Waals surface area contributed by atoms with E-state index < -0.39 is 5.97 Å². The first-order valence-corrected chi connectivity index (χ1v) is 4.79. The highest BCUT2D eigenvalue weighted by molar-refractivity contribution is 9.09. The van der Waals surface area contributed by atoms with Crippen LogP contribution in [0.2, 0.25) is 0 Å². The molecule has 3 nitrogen and oxygen atoms in total. The number of aliphatic hydroxyl groups is 1. The van der Waals surface area contributed by atoms with Gasteiger partial charge in [0.25, 0.3) is 0 Å². The zero-order valence-electron chi connectivity index (χ0n) is 6.98. The highest BCUT2D eigenvalue weighted by atomic mass is 79.9. The first-order valence-electron chi connectivity index (χ1n) is 3.67. The van der Waals surface area contributed by atoms with E-state index in [1.165, 1.54) is 0 Å². The van der Waals surface area contributed by atoms with Crippen molar-refractivity contribution in [1.29, 1.82) is 0 Å². The number of rotatable bonds is 2. The highest BCUT2D eigenvalue weighted by Gasteiger charge is 1.96. The summed E-state index contributed by atoms with van der Waals surface area (Å²) in [5.41, 5.74) is 0.331. The Hall–Kier alpha value is -0.870. The summed E-state index contributed by atoms with van der Waals surface area (Å²) in [6.07, 6.45) is 0. The molecule has 1 aromatic rings. The smallest absolute Gasteiger partial charge is 0.335 e. The summed E-state index contributed by atoms with van der Waals surface area (Å²) in [7, 11) is 0.